The van der Waals surface area contributed by atoms with Crippen LogP contribution in [0.4, 0.5) is 0 Å². The third-order valence-electron chi connectivity index (χ3n) is 1.50. The van der Waals surface area contributed by atoms with E-state index in [4.69, 9.17) is 9.47 Å². The normalized spacial score (nSPS) is 19.7. The van der Waals surface area contributed by atoms with E-state index in [1.807, 2.05) is 0 Å². The molecule has 0 N–H and O–H groups in total. The summed E-state index contributed by atoms with van der Waals surface area (Å²) in [5, 5.41) is 0. The molecule has 0 bridgehead atoms. The first-order valence-electron chi connectivity index (χ1n) is 3.66. The molecule has 0 amide bonds. The zero-order valence-electron chi connectivity index (χ0n) is 6.43. The Morgan fingerprint density at radius 1 is 1.50 bits per heavy atom. The molecule has 0 spiro atoms. The van der Waals surface area contributed by atoms with Gasteiger partial charge in [0.05, 0.1) is 13.2 Å². The number of rotatable bonds is 3. The summed E-state index contributed by atoms with van der Waals surface area (Å²) < 4.78 is 10.5. The van der Waals surface area contributed by atoms with E-state index in [-0.39, 0.29) is 14.7 Å². The Kier molecular flexibility index (Phi) is 3.25. The lowest BCUT2D eigenvalue weighted by Gasteiger charge is -2.06. The molecule has 2 nitrogen and oxygen atoms in total. The molecule has 1 aliphatic rings. The van der Waals surface area contributed by atoms with Gasteiger partial charge in [0.25, 0.3) is 0 Å². The molecule has 1 rings (SSSR count). The second kappa shape index (κ2) is 4.01. The van der Waals surface area contributed by atoms with Crippen LogP contribution in [0.1, 0.15) is 6.42 Å². The highest BCUT2D eigenvalue weighted by atomic mass is 28.2. The highest BCUT2D eigenvalue weighted by Crippen LogP contribution is 2.10. The molecule has 0 atom stereocenters. The van der Waals surface area contributed by atoms with Crippen molar-refractivity contribution in [1.29, 1.82) is 0 Å². The highest BCUT2D eigenvalue weighted by Gasteiger charge is 2.14. The highest BCUT2D eigenvalue weighted by molar-refractivity contribution is 6.60. The SMILES string of the molecule is C=[Si](C)CCC1OCCO1. The van der Waals surface area contributed by atoms with E-state index in [2.05, 4.69) is 12.7 Å². The van der Waals surface area contributed by atoms with Crippen LogP contribution in [0.15, 0.2) is 0 Å². The summed E-state index contributed by atoms with van der Waals surface area (Å²) in [6, 6.07) is 1.19. The standard InChI is InChI=1S/C7H14O2Si/c1-10(2)6-3-7-8-4-5-9-7/h7H,1,3-6H2,2H3. The van der Waals surface area contributed by atoms with Crippen LogP contribution in [-0.4, -0.2) is 34.1 Å². The average molecular weight is 158 g/mol. The summed E-state index contributed by atoms with van der Waals surface area (Å²) in [4.78, 5) is 0. The molecule has 3 heteroatoms. The Balaban J connectivity index is 2.07. The maximum absolute atomic E-state index is 5.27. The molecule has 0 aromatic carbocycles. The molecule has 0 unspecified atom stereocenters. The minimum Gasteiger partial charge on any atom is -0.350 e. The van der Waals surface area contributed by atoms with E-state index >= 15 is 0 Å². The largest absolute Gasteiger partial charge is 0.350 e. The van der Waals surface area contributed by atoms with Gasteiger partial charge in [0, 0.05) is 0 Å². The van der Waals surface area contributed by atoms with Gasteiger partial charge in [0.1, 0.15) is 0 Å². The van der Waals surface area contributed by atoms with Gasteiger partial charge in [-0.3, -0.25) is 0 Å². The maximum Gasteiger partial charge on any atom is 0.157 e. The second-order valence-corrected chi connectivity index (χ2v) is 5.08. The second-order valence-electron chi connectivity index (χ2n) is 2.67. The van der Waals surface area contributed by atoms with Crippen molar-refractivity contribution in [2.24, 2.45) is 0 Å². The van der Waals surface area contributed by atoms with Crippen LogP contribution < -0.4 is 0 Å². The zero-order chi connectivity index (χ0) is 7.40. The molecular formula is C7H14O2Si. The molecule has 1 fully saturated rings. The van der Waals surface area contributed by atoms with Gasteiger partial charge in [-0.1, -0.05) is 6.55 Å². The fourth-order valence-electron chi connectivity index (χ4n) is 0.938. The fraction of sp³-hybridized carbons (Fsp3) is 0.857. The van der Waals surface area contributed by atoms with E-state index in [0.29, 0.717) is 0 Å². The Hall–Kier alpha value is 0.00688. The van der Waals surface area contributed by atoms with Crippen LogP contribution in [0.5, 0.6) is 0 Å². The molecule has 0 aromatic rings. The summed E-state index contributed by atoms with van der Waals surface area (Å²) in [7, 11) is -0.332. The van der Waals surface area contributed by atoms with Crippen LogP contribution in [0.25, 0.3) is 0 Å². The van der Waals surface area contributed by atoms with E-state index in [1.165, 1.54) is 6.04 Å². The minimum absolute atomic E-state index is 0.0849. The monoisotopic (exact) mass is 158 g/mol. The third-order valence-corrected chi connectivity index (χ3v) is 2.64. The summed E-state index contributed by atoms with van der Waals surface area (Å²) in [5.74, 6) is 0. The van der Waals surface area contributed by atoms with Crippen LogP contribution >= 0.6 is 0 Å². The predicted molar refractivity (Wildman–Crippen MR) is 43.9 cm³/mol. The van der Waals surface area contributed by atoms with Crippen molar-refractivity contribution in [2.75, 3.05) is 13.2 Å². The third kappa shape index (κ3) is 2.73. The van der Waals surface area contributed by atoms with Gasteiger partial charge < -0.3 is 9.47 Å². The van der Waals surface area contributed by atoms with Crippen LogP contribution in [-0.2, 0) is 9.47 Å². The van der Waals surface area contributed by atoms with Crippen molar-refractivity contribution in [1.82, 2.24) is 0 Å². The van der Waals surface area contributed by atoms with Crippen molar-refractivity contribution in [3.05, 3.63) is 0 Å². The van der Waals surface area contributed by atoms with Crippen molar-refractivity contribution in [2.45, 2.75) is 25.3 Å². The van der Waals surface area contributed by atoms with Gasteiger partial charge in [-0.25, -0.2) is 0 Å². The molecular weight excluding hydrogens is 144 g/mol. The Morgan fingerprint density at radius 3 is 2.60 bits per heavy atom. The molecule has 58 valence electrons. The summed E-state index contributed by atoms with van der Waals surface area (Å²) in [5.41, 5.74) is 0. The van der Waals surface area contributed by atoms with Crippen LogP contribution in [0.3, 0.4) is 0 Å². The first-order valence-corrected chi connectivity index (χ1v) is 6.08. The van der Waals surface area contributed by atoms with Crippen molar-refractivity contribution >= 4 is 14.6 Å². The summed E-state index contributed by atoms with van der Waals surface area (Å²) in [6.07, 6.45) is 5.11. The molecule has 1 aliphatic heterocycles. The number of hydrogen-bond acceptors (Lipinski definition) is 2. The Labute approximate surface area is 63.4 Å². The molecule has 1 heterocycles. The molecule has 0 saturated carbocycles. The van der Waals surface area contributed by atoms with Crippen molar-refractivity contribution in [3.63, 3.8) is 0 Å². The predicted octanol–water partition coefficient (Wildman–Crippen LogP) is 0.888. The topological polar surface area (TPSA) is 18.5 Å². The van der Waals surface area contributed by atoms with Crippen LogP contribution in [0.2, 0.25) is 12.6 Å². The molecule has 0 aliphatic carbocycles. The molecule has 1 saturated heterocycles. The van der Waals surface area contributed by atoms with Gasteiger partial charge >= 0.3 is 0 Å². The van der Waals surface area contributed by atoms with Gasteiger partial charge in [-0.05, 0) is 20.9 Å². The van der Waals surface area contributed by atoms with Gasteiger partial charge in [0.2, 0.25) is 0 Å². The van der Waals surface area contributed by atoms with Gasteiger partial charge in [0.15, 0.2) is 6.29 Å². The van der Waals surface area contributed by atoms with Gasteiger partial charge in [-0.2, -0.15) is 0 Å². The lowest BCUT2D eigenvalue weighted by Crippen LogP contribution is -2.09. The minimum atomic E-state index is -0.332. The molecule has 10 heavy (non-hydrogen) atoms. The van der Waals surface area contributed by atoms with Crippen molar-refractivity contribution < 1.29 is 9.47 Å². The van der Waals surface area contributed by atoms with E-state index in [0.717, 1.165) is 19.6 Å². The lowest BCUT2D eigenvalue weighted by molar-refractivity contribution is -0.0429. The molecule has 0 radical (unpaired) electrons. The first kappa shape index (κ1) is 8.11. The van der Waals surface area contributed by atoms with E-state index in [9.17, 15) is 0 Å². The Bertz CT molecular complexity index is 119. The summed E-state index contributed by atoms with van der Waals surface area (Å²) >= 11 is 0. The molecule has 0 aromatic heterocycles. The first-order chi connectivity index (χ1) is 4.79. The fourth-order valence-corrected chi connectivity index (χ4v) is 1.67. The Morgan fingerprint density at radius 2 is 2.10 bits per heavy atom. The smallest absolute Gasteiger partial charge is 0.157 e. The quantitative estimate of drug-likeness (QED) is 0.568. The van der Waals surface area contributed by atoms with E-state index in [1.54, 1.807) is 0 Å². The van der Waals surface area contributed by atoms with Gasteiger partial charge in [-0.15, -0.1) is 6.17 Å². The van der Waals surface area contributed by atoms with Crippen molar-refractivity contribution in [3.8, 4) is 0 Å². The maximum atomic E-state index is 5.27. The average Bonchev–Trinajstić information content (AvgIpc) is 2.34. The van der Waals surface area contributed by atoms with Crippen LogP contribution in [0, 0.1) is 0 Å². The van der Waals surface area contributed by atoms with E-state index < -0.39 is 0 Å². The number of hydrogen-bond donors (Lipinski definition) is 0. The summed E-state index contributed by atoms with van der Waals surface area (Å²) in [6.45, 7) is 3.75. The number of ether oxygens (including phenoxy) is 2. The lowest BCUT2D eigenvalue weighted by atomic mass is 10.5. The zero-order valence-corrected chi connectivity index (χ0v) is 7.43.